The molecule has 2 rings (SSSR count). The molecule has 0 bridgehead atoms. The van der Waals surface area contributed by atoms with Crippen molar-refractivity contribution in [2.45, 2.75) is 26.2 Å². The molecule has 19 heavy (non-hydrogen) atoms. The average Bonchev–Trinajstić information content (AvgIpc) is 2.41. The van der Waals surface area contributed by atoms with Gasteiger partial charge in [-0.3, -0.25) is 4.79 Å². The predicted molar refractivity (Wildman–Crippen MR) is 73.1 cm³/mol. The molecule has 1 aliphatic carbocycles. The van der Waals surface area contributed by atoms with E-state index in [0.29, 0.717) is 0 Å². The molecule has 1 aliphatic rings. The van der Waals surface area contributed by atoms with E-state index in [1.54, 1.807) is 18.3 Å². The van der Waals surface area contributed by atoms with Crippen LogP contribution in [0.1, 0.15) is 36.5 Å². The summed E-state index contributed by atoms with van der Waals surface area (Å²) >= 11 is 0. The monoisotopic (exact) mass is 259 g/mol. The minimum Gasteiger partial charge on any atom is -0.478 e. The third-order valence-electron chi connectivity index (χ3n) is 3.39. The predicted octanol–water partition coefficient (Wildman–Crippen LogP) is 3.07. The molecule has 1 unspecified atom stereocenters. The highest BCUT2D eigenvalue weighted by molar-refractivity contribution is 5.97. The molecule has 0 spiro atoms. The zero-order valence-corrected chi connectivity index (χ0v) is 10.8. The maximum Gasteiger partial charge on any atom is 0.335 e. The van der Waals surface area contributed by atoms with E-state index in [0.717, 1.165) is 30.5 Å². The summed E-state index contributed by atoms with van der Waals surface area (Å²) in [6, 6.07) is 6.46. The second kappa shape index (κ2) is 5.69. The van der Waals surface area contributed by atoms with Gasteiger partial charge in [-0.05, 0) is 43.5 Å². The van der Waals surface area contributed by atoms with Crippen molar-refractivity contribution in [3.8, 4) is 0 Å². The van der Waals surface area contributed by atoms with E-state index in [2.05, 4.69) is 5.32 Å². The molecule has 0 radical (unpaired) electrons. The van der Waals surface area contributed by atoms with Crippen LogP contribution in [0.2, 0.25) is 0 Å². The van der Waals surface area contributed by atoms with Gasteiger partial charge >= 0.3 is 5.97 Å². The fraction of sp³-hybridized carbons (Fsp3) is 0.333. The third-order valence-corrected chi connectivity index (χ3v) is 3.39. The Kier molecular flexibility index (Phi) is 4.00. The average molecular weight is 259 g/mol. The van der Waals surface area contributed by atoms with Crippen LogP contribution in [0.15, 0.2) is 36.0 Å². The Bertz CT molecular complexity index is 517. The van der Waals surface area contributed by atoms with E-state index in [1.165, 1.54) is 12.1 Å². The zero-order chi connectivity index (χ0) is 13.8. The van der Waals surface area contributed by atoms with Crippen LogP contribution in [0.4, 0.5) is 5.69 Å². The lowest BCUT2D eigenvalue weighted by atomic mass is 9.86. The first-order valence-corrected chi connectivity index (χ1v) is 6.41. The van der Waals surface area contributed by atoms with Gasteiger partial charge in [0.25, 0.3) is 0 Å². The van der Waals surface area contributed by atoms with Gasteiger partial charge in [-0.15, -0.1) is 0 Å². The summed E-state index contributed by atoms with van der Waals surface area (Å²) in [5.74, 6) is -0.627. The molecule has 1 fully saturated rings. The Labute approximate surface area is 112 Å². The van der Waals surface area contributed by atoms with Crippen LogP contribution in [0.5, 0.6) is 0 Å². The molecular weight excluding hydrogens is 242 g/mol. The quantitative estimate of drug-likeness (QED) is 0.819. The molecule has 1 aromatic carbocycles. The largest absolute Gasteiger partial charge is 0.478 e. The summed E-state index contributed by atoms with van der Waals surface area (Å²) in [7, 11) is 0. The van der Waals surface area contributed by atoms with Crippen molar-refractivity contribution in [3.05, 3.63) is 41.6 Å². The normalized spacial score (nSPS) is 21.4. The Morgan fingerprint density at radius 1 is 1.37 bits per heavy atom. The summed E-state index contributed by atoms with van der Waals surface area (Å²) in [4.78, 5) is 22.6. The Morgan fingerprint density at radius 2 is 2.05 bits per heavy atom. The number of hydrogen-bond acceptors (Lipinski definition) is 3. The van der Waals surface area contributed by atoms with E-state index in [9.17, 15) is 9.59 Å². The molecule has 0 heterocycles. The number of rotatable bonds is 3. The lowest BCUT2D eigenvalue weighted by molar-refractivity contribution is -0.119. The molecule has 0 amide bonds. The number of carbonyl (C=O) groups excluding carboxylic acids is 1. The van der Waals surface area contributed by atoms with Crippen LogP contribution in [0, 0.1) is 5.92 Å². The van der Waals surface area contributed by atoms with E-state index in [-0.39, 0.29) is 17.3 Å². The highest BCUT2D eigenvalue weighted by Crippen LogP contribution is 2.24. The first-order valence-electron chi connectivity index (χ1n) is 6.41. The van der Waals surface area contributed by atoms with Crippen LogP contribution in [0.25, 0.3) is 0 Å². The van der Waals surface area contributed by atoms with Gasteiger partial charge in [-0.2, -0.15) is 0 Å². The van der Waals surface area contributed by atoms with Gasteiger partial charge in [0.1, 0.15) is 0 Å². The van der Waals surface area contributed by atoms with Gasteiger partial charge in [-0.1, -0.05) is 6.92 Å². The van der Waals surface area contributed by atoms with Gasteiger partial charge in [0.05, 0.1) is 5.56 Å². The van der Waals surface area contributed by atoms with Gasteiger partial charge in [0, 0.05) is 23.4 Å². The number of anilines is 1. The van der Waals surface area contributed by atoms with Crippen molar-refractivity contribution in [3.63, 3.8) is 0 Å². The van der Waals surface area contributed by atoms with Crippen molar-refractivity contribution in [2.75, 3.05) is 5.32 Å². The zero-order valence-electron chi connectivity index (χ0n) is 10.8. The lowest BCUT2D eigenvalue weighted by Gasteiger charge is -2.19. The lowest BCUT2D eigenvalue weighted by Crippen LogP contribution is -2.19. The van der Waals surface area contributed by atoms with Gasteiger partial charge < -0.3 is 10.4 Å². The summed E-state index contributed by atoms with van der Waals surface area (Å²) in [5.41, 5.74) is 1.85. The number of nitrogens with one attached hydrogen (secondary N) is 1. The molecule has 1 atom stereocenters. The second-order valence-corrected chi connectivity index (χ2v) is 4.85. The first-order chi connectivity index (χ1) is 9.08. The van der Waals surface area contributed by atoms with E-state index < -0.39 is 5.97 Å². The van der Waals surface area contributed by atoms with Crippen molar-refractivity contribution in [1.82, 2.24) is 0 Å². The summed E-state index contributed by atoms with van der Waals surface area (Å²) < 4.78 is 0. The number of carboxylic acid groups (broad SMARTS) is 1. The number of benzene rings is 1. The van der Waals surface area contributed by atoms with Crippen LogP contribution in [-0.2, 0) is 4.79 Å². The molecule has 2 N–H and O–H groups in total. The standard InChI is InChI=1S/C15H17NO3/c1-10-3-2-4-12(14(10)17)9-16-13-7-5-11(6-8-13)15(18)19/h5-10,16H,2-4H2,1H3,(H,18,19). The van der Waals surface area contributed by atoms with Crippen LogP contribution in [-0.4, -0.2) is 16.9 Å². The highest BCUT2D eigenvalue weighted by Gasteiger charge is 2.22. The Morgan fingerprint density at radius 3 is 2.68 bits per heavy atom. The van der Waals surface area contributed by atoms with E-state index >= 15 is 0 Å². The molecule has 4 nitrogen and oxygen atoms in total. The van der Waals surface area contributed by atoms with E-state index in [4.69, 9.17) is 5.11 Å². The Hall–Kier alpha value is -2.10. The summed E-state index contributed by atoms with van der Waals surface area (Å²) in [5, 5.41) is 11.9. The molecular formula is C15H17NO3. The third kappa shape index (κ3) is 3.22. The fourth-order valence-electron chi connectivity index (χ4n) is 2.19. The molecule has 0 saturated heterocycles. The summed E-state index contributed by atoms with van der Waals surface area (Å²) in [6.07, 6.45) is 4.55. The Balaban J connectivity index is 2.05. The number of carbonyl (C=O) groups is 2. The molecule has 1 aromatic rings. The first kappa shape index (κ1) is 13.3. The van der Waals surface area contributed by atoms with Gasteiger partial charge in [0.2, 0.25) is 0 Å². The molecule has 4 heteroatoms. The molecule has 100 valence electrons. The minimum absolute atomic E-state index is 0.108. The molecule has 1 saturated carbocycles. The fourth-order valence-corrected chi connectivity index (χ4v) is 2.19. The number of hydrogen-bond donors (Lipinski definition) is 2. The van der Waals surface area contributed by atoms with Crippen molar-refractivity contribution >= 4 is 17.4 Å². The maximum absolute atomic E-state index is 11.9. The van der Waals surface area contributed by atoms with Crippen molar-refractivity contribution < 1.29 is 14.7 Å². The summed E-state index contributed by atoms with van der Waals surface area (Å²) in [6.45, 7) is 1.96. The van der Waals surface area contributed by atoms with Crippen LogP contribution in [0.3, 0.4) is 0 Å². The molecule has 0 aromatic heterocycles. The van der Waals surface area contributed by atoms with Gasteiger partial charge in [-0.25, -0.2) is 4.79 Å². The topological polar surface area (TPSA) is 66.4 Å². The molecule has 0 aliphatic heterocycles. The smallest absolute Gasteiger partial charge is 0.335 e. The van der Waals surface area contributed by atoms with Crippen LogP contribution < -0.4 is 5.32 Å². The SMILES string of the molecule is CC1CCCC(=CNc2ccc(C(=O)O)cc2)C1=O. The second-order valence-electron chi connectivity index (χ2n) is 4.85. The number of allylic oxidation sites excluding steroid dienone is 1. The van der Waals surface area contributed by atoms with E-state index in [1.807, 2.05) is 6.92 Å². The minimum atomic E-state index is -0.943. The number of ketones is 1. The number of carboxylic acids is 1. The number of Topliss-reactive ketones (excluding diaryl/α,β-unsaturated/α-hetero) is 1. The van der Waals surface area contributed by atoms with Crippen LogP contribution >= 0.6 is 0 Å². The maximum atomic E-state index is 11.9. The highest BCUT2D eigenvalue weighted by atomic mass is 16.4. The van der Waals surface area contributed by atoms with Crippen molar-refractivity contribution in [1.29, 1.82) is 0 Å². The number of aromatic carboxylic acids is 1. The van der Waals surface area contributed by atoms with Gasteiger partial charge in [0.15, 0.2) is 5.78 Å². The van der Waals surface area contributed by atoms with Crippen molar-refractivity contribution in [2.24, 2.45) is 5.92 Å².